The summed E-state index contributed by atoms with van der Waals surface area (Å²) in [7, 11) is 0. The highest BCUT2D eigenvalue weighted by molar-refractivity contribution is 6.14. The molecule has 4 aromatic rings. The van der Waals surface area contributed by atoms with Crippen molar-refractivity contribution in [2.75, 3.05) is 11.4 Å². The van der Waals surface area contributed by atoms with E-state index >= 15 is 0 Å². The molecule has 6 heteroatoms. The lowest BCUT2D eigenvalue weighted by molar-refractivity contribution is -0.136. The first kappa shape index (κ1) is 22.8. The van der Waals surface area contributed by atoms with Gasteiger partial charge < -0.3 is 15.2 Å². The number of aromatic nitrogens is 2. The number of hydrogen-bond donors (Lipinski definition) is 2. The van der Waals surface area contributed by atoms with Crippen LogP contribution in [0.4, 0.5) is 5.95 Å². The molecule has 0 aliphatic carbocycles. The molecule has 1 amide bonds. The van der Waals surface area contributed by atoms with E-state index < -0.39 is 5.54 Å². The topological polar surface area (TPSA) is 78.1 Å². The molecule has 6 nitrogen and oxygen atoms in total. The minimum Gasteiger partial charge on any atom is -0.347 e. The number of hydrogen-bond acceptors (Lipinski definition) is 4. The number of fused-ring (bicyclic) bond motifs is 1. The number of imidazole rings is 1. The zero-order valence-electron chi connectivity index (χ0n) is 19.9. The van der Waals surface area contributed by atoms with Crippen molar-refractivity contribution >= 4 is 28.7 Å². The van der Waals surface area contributed by atoms with Crippen LogP contribution in [0.15, 0.2) is 84.9 Å². The molecule has 1 unspecified atom stereocenters. The van der Waals surface area contributed by atoms with Crippen LogP contribution in [0, 0.1) is 0 Å². The number of benzene rings is 3. The van der Waals surface area contributed by atoms with Crippen LogP contribution >= 0.6 is 0 Å². The first-order valence-corrected chi connectivity index (χ1v) is 12.3. The highest BCUT2D eigenvalue weighted by atomic mass is 16.2. The Kier molecular flexibility index (Phi) is 6.36. The van der Waals surface area contributed by atoms with E-state index in [9.17, 15) is 9.59 Å². The van der Waals surface area contributed by atoms with Crippen molar-refractivity contribution in [3.8, 4) is 0 Å². The van der Waals surface area contributed by atoms with Crippen LogP contribution in [0.2, 0.25) is 0 Å². The van der Waals surface area contributed by atoms with E-state index in [0.717, 1.165) is 28.6 Å². The number of ketones is 1. The lowest BCUT2D eigenvalue weighted by atomic mass is 9.87. The van der Waals surface area contributed by atoms with Gasteiger partial charge in [0, 0.05) is 13.0 Å². The number of Topliss-reactive ketones (excluding diaryl/α,β-unsaturated/α-hetero) is 1. The van der Waals surface area contributed by atoms with Crippen LogP contribution in [-0.2, 0) is 16.0 Å². The van der Waals surface area contributed by atoms with Crippen molar-refractivity contribution in [3.63, 3.8) is 0 Å². The maximum atomic E-state index is 14.1. The molecule has 178 valence electrons. The fourth-order valence-corrected chi connectivity index (χ4v) is 5.18. The average Bonchev–Trinajstić information content (AvgIpc) is 3.54. The summed E-state index contributed by atoms with van der Waals surface area (Å²) in [6.45, 7) is 2.42. The summed E-state index contributed by atoms with van der Waals surface area (Å²) in [6.07, 6.45) is 2.12. The third-order valence-corrected chi connectivity index (χ3v) is 6.96. The summed E-state index contributed by atoms with van der Waals surface area (Å²) in [6, 6.07) is 27.6. The second-order valence-electron chi connectivity index (χ2n) is 9.10. The normalized spacial score (nSPS) is 18.5. The highest BCUT2D eigenvalue weighted by Crippen LogP contribution is 2.36. The van der Waals surface area contributed by atoms with Gasteiger partial charge in [0.15, 0.2) is 11.3 Å². The maximum absolute atomic E-state index is 14.1. The van der Waals surface area contributed by atoms with Crippen LogP contribution in [-0.4, -0.2) is 33.7 Å². The third kappa shape index (κ3) is 4.32. The van der Waals surface area contributed by atoms with Gasteiger partial charge in [-0.1, -0.05) is 79.7 Å². The molecule has 1 saturated heterocycles. The van der Waals surface area contributed by atoms with Crippen LogP contribution in [0.5, 0.6) is 0 Å². The molecule has 5 rings (SSSR count). The van der Waals surface area contributed by atoms with E-state index in [4.69, 9.17) is 4.98 Å². The van der Waals surface area contributed by atoms with Gasteiger partial charge in [0.1, 0.15) is 0 Å². The Morgan fingerprint density at radius 1 is 1.00 bits per heavy atom. The molecule has 1 aliphatic heterocycles. The van der Waals surface area contributed by atoms with E-state index in [1.165, 1.54) is 0 Å². The van der Waals surface area contributed by atoms with Crippen LogP contribution in [0.25, 0.3) is 11.0 Å². The summed E-state index contributed by atoms with van der Waals surface area (Å²) in [5.41, 5.74) is 2.56. The number of rotatable bonds is 8. The van der Waals surface area contributed by atoms with Gasteiger partial charge in [0.05, 0.1) is 17.1 Å². The lowest BCUT2D eigenvalue weighted by Gasteiger charge is -2.37. The third-order valence-electron chi connectivity index (χ3n) is 6.96. The quantitative estimate of drug-likeness (QED) is 0.359. The Bertz CT molecular complexity index is 1290. The van der Waals surface area contributed by atoms with Gasteiger partial charge in [-0.2, -0.15) is 0 Å². The zero-order valence-corrected chi connectivity index (χ0v) is 19.9. The fourth-order valence-electron chi connectivity index (χ4n) is 5.18. The summed E-state index contributed by atoms with van der Waals surface area (Å²) in [5.74, 6) is 0.228. The van der Waals surface area contributed by atoms with Gasteiger partial charge in [-0.25, -0.2) is 4.98 Å². The molecule has 35 heavy (non-hydrogen) atoms. The summed E-state index contributed by atoms with van der Waals surface area (Å²) < 4.78 is 0. The number of carbonyl (C=O) groups excluding carboxylic acids is 2. The Morgan fingerprint density at radius 3 is 2.40 bits per heavy atom. The van der Waals surface area contributed by atoms with Crippen molar-refractivity contribution < 1.29 is 9.59 Å². The molecule has 2 N–H and O–H groups in total. The summed E-state index contributed by atoms with van der Waals surface area (Å²) in [5, 5.41) is 3.27. The molecule has 0 saturated carbocycles. The molecule has 0 spiro atoms. The first-order valence-electron chi connectivity index (χ1n) is 12.3. The van der Waals surface area contributed by atoms with Crippen molar-refractivity contribution in [2.45, 2.75) is 44.2 Å². The van der Waals surface area contributed by atoms with E-state index in [-0.39, 0.29) is 24.2 Å². The monoisotopic (exact) mass is 466 g/mol. The molecular formula is C29H30N4O2. The molecule has 1 aliphatic rings. The second kappa shape index (κ2) is 9.74. The van der Waals surface area contributed by atoms with Crippen LogP contribution in [0.3, 0.4) is 0 Å². The van der Waals surface area contributed by atoms with Crippen molar-refractivity contribution in [3.05, 3.63) is 96.1 Å². The van der Waals surface area contributed by atoms with E-state index in [2.05, 4.69) is 22.4 Å². The average molecular weight is 467 g/mol. The smallest absolute Gasteiger partial charge is 0.254 e. The van der Waals surface area contributed by atoms with Crippen molar-refractivity contribution in [1.82, 2.24) is 15.3 Å². The van der Waals surface area contributed by atoms with Gasteiger partial charge in [0.25, 0.3) is 5.91 Å². The summed E-state index contributed by atoms with van der Waals surface area (Å²) >= 11 is 0. The number of carbonyl (C=O) groups is 2. The van der Waals surface area contributed by atoms with E-state index in [1.54, 1.807) is 0 Å². The predicted molar refractivity (Wildman–Crippen MR) is 138 cm³/mol. The van der Waals surface area contributed by atoms with Gasteiger partial charge in [0.2, 0.25) is 5.95 Å². The predicted octanol–water partition coefficient (Wildman–Crippen LogP) is 4.98. The lowest BCUT2D eigenvalue weighted by Crippen LogP contribution is -2.61. The van der Waals surface area contributed by atoms with Gasteiger partial charge in [-0.15, -0.1) is 0 Å². The van der Waals surface area contributed by atoms with Crippen LogP contribution in [0.1, 0.15) is 43.4 Å². The largest absolute Gasteiger partial charge is 0.347 e. The molecule has 0 radical (unpaired) electrons. The summed E-state index contributed by atoms with van der Waals surface area (Å²) in [4.78, 5) is 37.6. The minimum atomic E-state index is -1.29. The van der Waals surface area contributed by atoms with E-state index in [1.807, 2.05) is 84.6 Å². The van der Waals surface area contributed by atoms with E-state index in [0.29, 0.717) is 25.3 Å². The highest BCUT2D eigenvalue weighted by Gasteiger charge is 2.54. The van der Waals surface area contributed by atoms with Gasteiger partial charge in [-0.05, 0) is 42.5 Å². The van der Waals surface area contributed by atoms with Crippen molar-refractivity contribution in [2.24, 2.45) is 0 Å². The Morgan fingerprint density at radius 2 is 1.69 bits per heavy atom. The molecule has 1 fully saturated rings. The number of anilines is 1. The standard InChI is InChI=1S/C29H30N4O2/c1-2-26(34)29(18-11-19-33(29)28-31-23-16-9-10-17-24(23)32-28)27(35)30-25(22-14-7-4-8-15-22)20-21-12-5-3-6-13-21/h3-10,12-17,25H,2,11,18-20H2,1H3,(H,30,35)(H,31,32)/t25?,29-/m1/s1. The number of aromatic amines is 1. The number of H-pyrrole nitrogens is 1. The molecule has 2 heterocycles. The number of nitrogens with zero attached hydrogens (tertiary/aromatic N) is 2. The Labute approximate surface area is 205 Å². The maximum Gasteiger partial charge on any atom is 0.254 e. The van der Waals surface area contributed by atoms with Gasteiger partial charge >= 0.3 is 0 Å². The van der Waals surface area contributed by atoms with Gasteiger partial charge in [-0.3, -0.25) is 9.59 Å². The molecule has 3 aromatic carbocycles. The second-order valence-corrected chi connectivity index (χ2v) is 9.10. The first-order chi connectivity index (χ1) is 17.1. The fraction of sp³-hybridized carbons (Fsp3) is 0.276. The molecular weight excluding hydrogens is 436 g/mol. The zero-order chi connectivity index (χ0) is 24.3. The Balaban J connectivity index is 1.51. The molecule has 0 bridgehead atoms. The van der Waals surface area contributed by atoms with Crippen molar-refractivity contribution in [1.29, 1.82) is 0 Å². The van der Waals surface area contributed by atoms with Crippen LogP contribution < -0.4 is 10.2 Å². The number of nitrogens with one attached hydrogen (secondary N) is 2. The minimum absolute atomic E-state index is 0.0838. The molecule has 2 atom stereocenters. The number of para-hydroxylation sites is 2. The number of amides is 1. The molecule has 1 aromatic heterocycles. The Hall–Kier alpha value is -3.93. The SMILES string of the molecule is CCC(=O)[C@@]1(C(=O)NC(Cc2ccccc2)c2ccccc2)CCCN1c1nc2ccccc2[nH]1.